The number of hydrogen-bond donors (Lipinski definition) is 0. The Labute approximate surface area is 122 Å². The van der Waals surface area contributed by atoms with Crippen LogP contribution >= 0.6 is 0 Å². The zero-order chi connectivity index (χ0) is 14.8. The lowest BCUT2D eigenvalue weighted by Gasteiger charge is -2.12. The number of ether oxygens (including phenoxy) is 1. The van der Waals surface area contributed by atoms with Crippen molar-refractivity contribution in [3.63, 3.8) is 0 Å². The zero-order valence-corrected chi connectivity index (χ0v) is 12.2. The van der Waals surface area contributed by atoms with Crippen LogP contribution in [-0.4, -0.2) is 32.4 Å². The maximum atomic E-state index is 12.6. The fourth-order valence-electron chi connectivity index (χ4n) is 2.59. The van der Waals surface area contributed by atoms with Gasteiger partial charge in [-0.15, -0.1) is 10.2 Å². The van der Waals surface area contributed by atoms with E-state index in [1.54, 1.807) is 4.57 Å². The van der Waals surface area contributed by atoms with E-state index >= 15 is 0 Å². The van der Waals surface area contributed by atoms with Crippen LogP contribution in [0.4, 0.5) is 0 Å². The summed E-state index contributed by atoms with van der Waals surface area (Å²) in [5.41, 5.74) is 2.12. The van der Waals surface area contributed by atoms with E-state index in [2.05, 4.69) is 10.2 Å². The van der Waals surface area contributed by atoms with Crippen LogP contribution in [0.2, 0.25) is 0 Å². The van der Waals surface area contributed by atoms with Crippen molar-refractivity contribution < 1.29 is 4.74 Å². The fraction of sp³-hybridized carbons (Fsp3) is 0.400. The molecule has 0 fully saturated rings. The summed E-state index contributed by atoms with van der Waals surface area (Å²) in [6.07, 6.45) is 0.793. The number of aryl methyl sites for hydroxylation is 2. The molecule has 3 rings (SSSR count). The van der Waals surface area contributed by atoms with Crippen LogP contribution in [-0.2, 0) is 11.3 Å². The molecule has 0 amide bonds. The number of nitrogens with zero attached hydrogens (tertiary/aromatic N) is 4. The van der Waals surface area contributed by atoms with Gasteiger partial charge in [-0.2, -0.15) is 0 Å². The van der Waals surface area contributed by atoms with E-state index in [4.69, 9.17) is 4.74 Å². The first-order chi connectivity index (χ1) is 10.2. The minimum absolute atomic E-state index is 0.106. The highest BCUT2D eigenvalue weighted by atomic mass is 16.5. The molecule has 0 radical (unpaired) electrons. The maximum Gasteiger partial charge on any atom is 0.296 e. The predicted molar refractivity (Wildman–Crippen MR) is 80.6 cm³/mol. The summed E-state index contributed by atoms with van der Waals surface area (Å²) in [6, 6.07) is 7.83. The topological polar surface area (TPSA) is 61.4 Å². The van der Waals surface area contributed by atoms with Crippen molar-refractivity contribution in [3.8, 4) is 0 Å². The van der Waals surface area contributed by atoms with Crippen molar-refractivity contribution in [1.29, 1.82) is 0 Å². The van der Waals surface area contributed by atoms with Crippen molar-refractivity contribution in [1.82, 2.24) is 19.2 Å². The van der Waals surface area contributed by atoms with Gasteiger partial charge in [0.15, 0.2) is 0 Å². The zero-order valence-electron chi connectivity index (χ0n) is 12.2. The first-order valence-corrected chi connectivity index (χ1v) is 7.15. The predicted octanol–water partition coefficient (Wildman–Crippen LogP) is 1.78. The van der Waals surface area contributed by atoms with Crippen LogP contribution in [0.5, 0.6) is 0 Å². The van der Waals surface area contributed by atoms with Crippen molar-refractivity contribution >= 4 is 16.7 Å². The first kappa shape index (κ1) is 13.8. The third-order valence-corrected chi connectivity index (χ3v) is 3.55. The summed E-state index contributed by atoms with van der Waals surface area (Å²) >= 11 is 0. The molecule has 0 aliphatic rings. The second-order valence-electron chi connectivity index (χ2n) is 4.90. The van der Waals surface area contributed by atoms with Gasteiger partial charge in [-0.05, 0) is 32.4 Å². The molecule has 0 N–H and O–H groups in total. The summed E-state index contributed by atoms with van der Waals surface area (Å²) < 4.78 is 8.93. The summed E-state index contributed by atoms with van der Waals surface area (Å²) in [5, 5.41) is 8.05. The first-order valence-electron chi connectivity index (χ1n) is 7.15. The summed E-state index contributed by atoms with van der Waals surface area (Å²) in [4.78, 5) is 12.6. The second-order valence-corrected chi connectivity index (χ2v) is 4.90. The Kier molecular flexibility index (Phi) is 3.70. The van der Waals surface area contributed by atoms with Crippen LogP contribution in [0, 0.1) is 6.92 Å². The molecular formula is C15H18N4O2. The average Bonchev–Trinajstić information content (AvgIpc) is 2.89. The molecular weight excluding hydrogens is 268 g/mol. The Morgan fingerprint density at radius 2 is 1.95 bits per heavy atom. The highest BCUT2D eigenvalue weighted by Crippen LogP contribution is 2.15. The van der Waals surface area contributed by atoms with Crippen LogP contribution in [0.15, 0.2) is 29.1 Å². The second kappa shape index (κ2) is 5.65. The lowest BCUT2D eigenvalue weighted by Crippen LogP contribution is -2.24. The average molecular weight is 286 g/mol. The van der Waals surface area contributed by atoms with Gasteiger partial charge in [0.2, 0.25) is 5.65 Å². The van der Waals surface area contributed by atoms with Crippen LogP contribution in [0.3, 0.4) is 0 Å². The summed E-state index contributed by atoms with van der Waals surface area (Å²) in [6.45, 7) is 5.77. The van der Waals surface area contributed by atoms with Gasteiger partial charge in [0.05, 0.1) is 11.0 Å². The van der Waals surface area contributed by atoms with E-state index in [1.165, 1.54) is 0 Å². The van der Waals surface area contributed by atoms with Gasteiger partial charge in [0.25, 0.3) is 5.56 Å². The normalized spacial score (nSPS) is 11.5. The Bertz CT molecular complexity index is 835. The van der Waals surface area contributed by atoms with Gasteiger partial charge < -0.3 is 9.30 Å². The third kappa shape index (κ3) is 2.31. The highest BCUT2D eigenvalue weighted by Gasteiger charge is 2.13. The van der Waals surface area contributed by atoms with E-state index in [0.717, 1.165) is 23.3 Å². The lowest BCUT2D eigenvalue weighted by molar-refractivity contribution is 0.141. The molecule has 6 heteroatoms. The molecule has 0 spiro atoms. The number of hydrogen-bond acceptors (Lipinski definition) is 4. The van der Waals surface area contributed by atoms with Gasteiger partial charge in [-0.3, -0.25) is 9.20 Å². The fourth-order valence-corrected chi connectivity index (χ4v) is 2.59. The molecule has 3 aromatic rings. The molecule has 0 aliphatic heterocycles. The van der Waals surface area contributed by atoms with Gasteiger partial charge in [0, 0.05) is 19.8 Å². The van der Waals surface area contributed by atoms with Gasteiger partial charge in [-0.1, -0.05) is 12.1 Å². The Morgan fingerprint density at radius 1 is 1.19 bits per heavy atom. The molecule has 1 aromatic carbocycles. The molecule has 21 heavy (non-hydrogen) atoms. The van der Waals surface area contributed by atoms with Gasteiger partial charge >= 0.3 is 0 Å². The van der Waals surface area contributed by atoms with E-state index in [-0.39, 0.29) is 5.56 Å². The van der Waals surface area contributed by atoms with Crippen molar-refractivity contribution in [2.75, 3.05) is 13.2 Å². The van der Waals surface area contributed by atoms with Crippen LogP contribution in [0.25, 0.3) is 16.7 Å². The van der Waals surface area contributed by atoms with Crippen molar-refractivity contribution in [2.24, 2.45) is 0 Å². The van der Waals surface area contributed by atoms with E-state index in [0.29, 0.717) is 25.4 Å². The lowest BCUT2D eigenvalue weighted by atomic mass is 10.2. The van der Waals surface area contributed by atoms with E-state index in [9.17, 15) is 4.79 Å². The smallest absolute Gasteiger partial charge is 0.296 e. The molecule has 2 aromatic heterocycles. The molecule has 0 unspecified atom stereocenters. The minimum Gasteiger partial charge on any atom is -0.382 e. The molecule has 0 atom stereocenters. The standard InChI is InChI=1S/C15H18N4O2/c1-3-21-10-6-9-18-12-7-4-5-8-13(12)19-11(2)16-17-14(19)15(18)20/h4-5,7-8H,3,6,9-10H2,1-2H3. The molecule has 110 valence electrons. The number of aromatic nitrogens is 4. The molecule has 0 aliphatic carbocycles. The van der Waals surface area contributed by atoms with E-state index in [1.807, 2.05) is 42.5 Å². The third-order valence-electron chi connectivity index (χ3n) is 3.55. The largest absolute Gasteiger partial charge is 0.382 e. The molecule has 2 heterocycles. The van der Waals surface area contributed by atoms with Gasteiger partial charge in [-0.25, -0.2) is 0 Å². The van der Waals surface area contributed by atoms with Crippen molar-refractivity contribution in [3.05, 3.63) is 40.4 Å². The van der Waals surface area contributed by atoms with Crippen LogP contribution in [0.1, 0.15) is 19.2 Å². The number of rotatable bonds is 5. The van der Waals surface area contributed by atoms with Crippen LogP contribution < -0.4 is 5.56 Å². The maximum absolute atomic E-state index is 12.6. The summed E-state index contributed by atoms with van der Waals surface area (Å²) in [7, 11) is 0. The molecule has 6 nitrogen and oxygen atoms in total. The van der Waals surface area contributed by atoms with E-state index < -0.39 is 0 Å². The number of para-hydroxylation sites is 2. The molecule has 0 bridgehead atoms. The Morgan fingerprint density at radius 3 is 2.71 bits per heavy atom. The SMILES string of the molecule is CCOCCCn1c(=O)c2nnc(C)n2c2ccccc21. The monoisotopic (exact) mass is 286 g/mol. The Hall–Kier alpha value is -2.21. The summed E-state index contributed by atoms with van der Waals surface area (Å²) in [5.74, 6) is 0.722. The molecule has 0 saturated carbocycles. The quantitative estimate of drug-likeness (QED) is 0.671. The number of benzene rings is 1. The highest BCUT2D eigenvalue weighted by molar-refractivity contribution is 5.78. The van der Waals surface area contributed by atoms with Crippen molar-refractivity contribution in [2.45, 2.75) is 26.8 Å². The molecule has 0 saturated heterocycles. The van der Waals surface area contributed by atoms with Gasteiger partial charge in [0.1, 0.15) is 5.82 Å². The minimum atomic E-state index is -0.106. The Balaban J connectivity index is 2.17. The number of fused-ring (bicyclic) bond motifs is 3.